The highest BCUT2D eigenvalue weighted by molar-refractivity contribution is 6.05. The maximum atomic E-state index is 13.0. The SMILES string of the molecule is CC(C)(C)c1ccc(C(=O)Nc2cccc(-c3nc(N)nc(Nc4ccc5[nH]c(=O)[nH]c5c4)n3)c2CO)cc1. The number of carbonyl (C=O) groups excluding carboxylic acids is 1. The number of nitrogens with zero attached hydrogens (tertiary/aromatic N) is 3. The number of benzene rings is 3. The van der Waals surface area contributed by atoms with Crippen molar-refractivity contribution >= 4 is 40.2 Å². The third kappa shape index (κ3) is 5.48. The zero-order chi connectivity index (χ0) is 27.7. The van der Waals surface area contributed by atoms with Crippen molar-refractivity contribution in [2.75, 3.05) is 16.4 Å². The van der Waals surface area contributed by atoms with Gasteiger partial charge in [0.15, 0.2) is 5.82 Å². The molecule has 0 aliphatic heterocycles. The molecule has 0 atom stereocenters. The Balaban J connectivity index is 1.43. The number of anilines is 4. The molecule has 39 heavy (non-hydrogen) atoms. The largest absolute Gasteiger partial charge is 0.392 e. The minimum atomic E-state index is -0.374. The van der Waals surface area contributed by atoms with Crippen LogP contribution in [0.2, 0.25) is 0 Å². The monoisotopic (exact) mass is 524 g/mol. The highest BCUT2D eigenvalue weighted by Gasteiger charge is 2.18. The number of fused-ring (bicyclic) bond motifs is 1. The van der Waals surface area contributed by atoms with Gasteiger partial charge in [0.2, 0.25) is 11.9 Å². The summed E-state index contributed by atoms with van der Waals surface area (Å²) < 4.78 is 0. The molecule has 11 heteroatoms. The molecule has 2 heterocycles. The Hall–Kier alpha value is -5.03. The lowest BCUT2D eigenvalue weighted by Crippen LogP contribution is -2.15. The number of nitrogens with two attached hydrogens (primary N) is 1. The first-order valence-electron chi connectivity index (χ1n) is 12.3. The molecule has 0 aliphatic rings. The molecule has 0 bridgehead atoms. The molecule has 5 aromatic rings. The van der Waals surface area contributed by atoms with E-state index in [4.69, 9.17) is 5.73 Å². The van der Waals surface area contributed by atoms with E-state index >= 15 is 0 Å². The minimum Gasteiger partial charge on any atom is -0.392 e. The van der Waals surface area contributed by atoms with Gasteiger partial charge in [-0.3, -0.25) is 4.79 Å². The molecule has 0 aliphatic carbocycles. The molecule has 1 amide bonds. The van der Waals surface area contributed by atoms with Gasteiger partial charge < -0.3 is 31.4 Å². The predicted molar refractivity (Wildman–Crippen MR) is 151 cm³/mol. The zero-order valence-electron chi connectivity index (χ0n) is 21.7. The number of carbonyl (C=O) groups is 1. The van der Waals surface area contributed by atoms with Crippen LogP contribution >= 0.6 is 0 Å². The van der Waals surface area contributed by atoms with E-state index in [0.29, 0.717) is 39.1 Å². The van der Waals surface area contributed by atoms with Gasteiger partial charge in [-0.25, -0.2) is 4.79 Å². The van der Waals surface area contributed by atoms with Crippen LogP contribution in [0, 0.1) is 0 Å². The molecule has 5 rings (SSSR count). The van der Waals surface area contributed by atoms with Crippen molar-refractivity contribution in [2.24, 2.45) is 0 Å². The maximum Gasteiger partial charge on any atom is 0.323 e. The number of hydrogen-bond donors (Lipinski definition) is 6. The summed E-state index contributed by atoms with van der Waals surface area (Å²) in [6.45, 7) is 5.95. The fraction of sp³-hybridized carbons (Fsp3) is 0.179. The Kier molecular flexibility index (Phi) is 6.59. The summed E-state index contributed by atoms with van der Waals surface area (Å²) in [5.74, 6) is 0.0525. The molecule has 0 spiro atoms. The summed E-state index contributed by atoms with van der Waals surface area (Å²) in [4.78, 5) is 42.9. The number of aromatic amines is 2. The molecule has 0 unspecified atom stereocenters. The molecule has 0 saturated heterocycles. The second-order valence-electron chi connectivity index (χ2n) is 10.1. The number of aromatic nitrogens is 5. The molecule has 0 saturated carbocycles. The van der Waals surface area contributed by atoms with Crippen LogP contribution < -0.4 is 22.1 Å². The number of imidazole rings is 1. The number of rotatable bonds is 6. The lowest BCUT2D eigenvalue weighted by atomic mass is 9.86. The minimum absolute atomic E-state index is 0.0266. The average Bonchev–Trinajstić information content (AvgIpc) is 3.27. The molecule has 0 fully saturated rings. The van der Waals surface area contributed by atoms with Crippen molar-refractivity contribution in [2.45, 2.75) is 32.8 Å². The lowest BCUT2D eigenvalue weighted by Gasteiger charge is -2.19. The normalized spacial score (nSPS) is 11.5. The lowest BCUT2D eigenvalue weighted by molar-refractivity contribution is 0.102. The van der Waals surface area contributed by atoms with E-state index in [2.05, 4.69) is 56.3 Å². The van der Waals surface area contributed by atoms with Crippen LogP contribution in [0.5, 0.6) is 0 Å². The van der Waals surface area contributed by atoms with Crippen LogP contribution in [-0.4, -0.2) is 35.9 Å². The molecule has 7 N–H and O–H groups in total. The van der Waals surface area contributed by atoms with Crippen molar-refractivity contribution < 1.29 is 9.90 Å². The zero-order valence-corrected chi connectivity index (χ0v) is 21.7. The fourth-order valence-corrected chi connectivity index (χ4v) is 4.21. The van der Waals surface area contributed by atoms with Crippen molar-refractivity contribution in [3.05, 3.63) is 87.8 Å². The van der Waals surface area contributed by atoms with E-state index in [9.17, 15) is 14.7 Å². The van der Waals surface area contributed by atoms with Gasteiger partial charge in [-0.2, -0.15) is 15.0 Å². The molecule has 3 aromatic carbocycles. The maximum absolute atomic E-state index is 13.0. The molecule has 11 nitrogen and oxygen atoms in total. The summed E-state index contributed by atoms with van der Waals surface area (Å²) in [7, 11) is 0. The van der Waals surface area contributed by atoms with Gasteiger partial charge >= 0.3 is 5.69 Å². The topological polar surface area (TPSA) is 175 Å². The Morgan fingerprint density at radius 2 is 1.72 bits per heavy atom. The molecule has 2 aromatic heterocycles. The number of nitrogen functional groups attached to an aromatic ring is 1. The van der Waals surface area contributed by atoms with Gasteiger partial charge in [0, 0.05) is 28.1 Å². The van der Waals surface area contributed by atoms with E-state index in [1.807, 2.05) is 12.1 Å². The van der Waals surface area contributed by atoms with Gasteiger partial charge in [-0.1, -0.05) is 45.0 Å². The van der Waals surface area contributed by atoms with Gasteiger partial charge in [0.25, 0.3) is 5.91 Å². The van der Waals surface area contributed by atoms with Crippen LogP contribution in [0.25, 0.3) is 22.4 Å². The van der Waals surface area contributed by atoms with Gasteiger partial charge in [0.1, 0.15) is 0 Å². The Morgan fingerprint density at radius 3 is 2.44 bits per heavy atom. The second kappa shape index (κ2) is 10.0. The first kappa shape index (κ1) is 25.6. The van der Waals surface area contributed by atoms with Crippen molar-refractivity contribution in [1.82, 2.24) is 24.9 Å². The van der Waals surface area contributed by atoms with Gasteiger partial charge in [0.05, 0.1) is 17.6 Å². The van der Waals surface area contributed by atoms with E-state index in [0.717, 1.165) is 5.56 Å². The number of hydrogen-bond acceptors (Lipinski definition) is 8. The van der Waals surface area contributed by atoms with E-state index in [1.54, 1.807) is 48.5 Å². The highest BCUT2D eigenvalue weighted by atomic mass is 16.3. The third-order valence-corrected chi connectivity index (χ3v) is 6.26. The van der Waals surface area contributed by atoms with Crippen LogP contribution in [0.1, 0.15) is 42.3 Å². The van der Waals surface area contributed by atoms with Crippen molar-refractivity contribution in [3.63, 3.8) is 0 Å². The standard InChI is InChI=1S/C28H28N8O3/c1-28(2,3)16-9-7-15(8-10-16)24(38)31-20-6-4-5-18(19(20)14-37)23-34-25(29)36-26(35-23)30-17-11-12-21-22(13-17)33-27(39)32-21/h4-13,37H,14H2,1-3H3,(H,31,38)(H2,32,33,39)(H3,29,30,34,35,36). The second-order valence-corrected chi connectivity index (χ2v) is 10.1. The van der Waals surface area contributed by atoms with Crippen LogP contribution in [-0.2, 0) is 12.0 Å². The molecule has 0 radical (unpaired) electrons. The quantitative estimate of drug-likeness (QED) is 0.193. The molecular weight excluding hydrogens is 496 g/mol. The number of aliphatic hydroxyl groups excluding tert-OH is 1. The number of amides is 1. The molecular formula is C28H28N8O3. The van der Waals surface area contributed by atoms with Gasteiger partial charge in [-0.05, 0) is 47.4 Å². The number of aliphatic hydroxyl groups is 1. The number of H-pyrrole nitrogens is 2. The predicted octanol–water partition coefficient (Wildman–Crippen LogP) is 4.08. The van der Waals surface area contributed by atoms with Crippen LogP contribution in [0.4, 0.5) is 23.3 Å². The summed E-state index contributed by atoms with van der Waals surface area (Å²) >= 11 is 0. The summed E-state index contributed by atoms with van der Waals surface area (Å²) in [6, 6.07) is 17.8. The molecule has 198 valence electrons. The summed E-state index contributed by atoms with van der Waals surface area (Å²) in [6.07, 6.45) is 0. The van der Waals surface area contributed by atoms with Crippen molar-refractivity contribution in [3.8, 4) is 11.4 Å². The first-order chi connectivity index (χ1) is 18.6. The highest BCUT2D eigenvalue weighted by Crippen LogP contribution is 2.29. The Bertz CT molecular complexity index is 1730. The van der Waals surface area contributed by atoms with E-state index < -0.39 is 0 Å². The summed E-state index contributed by atoms with van der Waals surface area (Å²) in [5, 5.41) is 16.2. The van der Waals surface area contributed by atoms with E-state index in [-0.39, 0.29) is 41.3 Å². The van der Waals surface area contributed by atoms with E-state index in [1.165, 1.54) is 0 Å². The summed E-state index contributed by atoms with van der Waals surface area (Å²) in [5.41, 5.74) is 10.5. The smallest absolute Gasteiger partial charge is 0.323 e. The van der Waals surface area contributed by atoms with Crippen LogP contribution in [0.15, 0.2) is 65.5 Å². The fourth-order valence-electron chi connectivity index (χ4n) is 4.21. The third-order valence-electron chi connectivity index (χ3n) is 6.26. The van der Waals surface area contributed by atoms with Crippen molar-refractivity contribution in [1.29, 1.82) is 0 Å². The van der Waals surface area contributed by atoms with Gasteiger partial charge in [-0.15, -0.1) is 0 Å². The average molecular weight is 525 g/mol. The number of nitrogens with one attached hydrogen (secondary N) is 4. The van der Waals surface area contributed by atoms with Crippen LogP contribution in [0.3, 0.4) is 0 Å². The first-order valence-corrected chi connectivity index (χ1v) is 12.3. The Labute approximate surface area is 223 Å². The Morgan fingerprint density at radius 1 is 0.974 bits per heavy atom.